The van der Waals surface area contributed by atoms with Gasteiger partial charge in [0.15, 0.2) is 5.17 Å². The van der Waals surface area contributed by atoms with Crippen LogP contribution in [0.4, 0.5) is 11.4 Å². The van der Waals surface area contributed by atoms with Crippen molar-refractivity contribution in [2.45, 2.75) is 32.4 Å². The van der Waals surface area contributed by atoms with Gasteiger partial charge >= 0.3 is 0 Å². The van der Waals surface area contributed by atoms with Crippen molar-refractivity contribution in [3.63, 3.8) is 0 Å². The second-order valence-electron chi connectivity index (χ2n) is 6.35. The smallest absolute Gasteiger partial charge is 0.240 e. The van der Waals surface area contributed by atoms with Gasteiger partial charge in [0.1, 0.15) is 5.25 Å². The maximum Gasteiger partial charge on any atom is 0.240 e. The highest BCUT2D eigenvalue weighted by molar-refractivity contribution is 8.15. The number of amides is 2. The molecule has 0 saturated carbocycles. The molecule has 6 heteroatoms. The van der Waals surface area contributed by atoms with Gasteiger partial charge in [0.2, 0.25) is 11.8 Å². The molecule has 1 saturated heterocycles. The second kappa shape index (κ2) is 7.74. The number of nitrogens with zero attached hydrogens (tertiary/aromatic N) is 1. The summed E-state index contributed by atoms with van der Waals surface area (Å²) in [6.45, 7) is 6.00. The van der Waals surface area contributed by atoms with Crippen LogP contribution in [0.15, 0.2) is 47.5 Å². The number of hydrogen-bond acceptors (Lipinski definition) is 4. The number of thioether (sulfide) groups is 1. The lowest BCUT2D eigenvalue weighted by atomic mass is 10.1. The number of aliphatic imine (C=N–C) groups is 1. The predicted molar refractivity (Wildman–Crippen MR) is 107 cm³/mol. The topological polar surface area (TPSA) is 70.6 Å². The highest BCUT2D eigenvalue weighted by atomic mass is 32.2. The zero-order chi connectivity index (χ0) is 18.7. The van der Waals surface area contributed by atoms with E-state index in [4.69, 9.17) is 0 Å². The van der Waals surface area contributed by atoms with Gasteiger partial charge in [0.25, 0.3) is 0 Å². The number of hydrogen-bond donors (Lipinski definition) is 2. The highest BCUT2D eigenvalue weighted by Crippen LogP contribution is 2.26. The van der Waals surface area contributed by atoms with E-state index < -0.39 is 5.25 Å². The Morgan fingerprint density at radius 1 is 1.12 bits per heavy atom. The molecule has 1 aliphatic heterocycles. The van der Waals surface area contributed by atoms with Crippen LogP contribution < -0.4 is 10.6 Å². The van der Waals surface area contributed by atoms with Crippen LogP contribution in [0.5, 0.6) is 0 Å². The molecule has 0 radical (unpaired) electrons. The molecule has 0 aliphatic carbocycles. The fraction of sp³-hybridized carbons (Fsp3) is 0.250. The molecule has 0 unspecified atom stereocenters. The molecule has 1 atom stereocenters. The molecule has 2 aromatic carbocycles. The van der Waals surface area contributed by atoms with E-state index in [1.165, 1.54) is 17.3 Å². The Balaban J connectivity index is 1.64. The number of aryl methyl sites for hydroxylation is 3. The minimum Gasteiger partial charge on any atom is -0.326 e. The van der Waals surface area contributed by atoms with Crippen molar-refractivity contribution < 1.29 is 9.59 Å². The van der Waals surface area contributed by atoms with E-state index in [-0.39, 0.29) is 18.2 Å². The number of anilines is 1. The average molecular weight is 367 g/mol. The van der Waals surface area contributed by atoms with E-state index in [0.29, 0.717) is 5.17 Å². The normalized spacial score (nSPS) is 18.0. The standard InChI is InChI=1S/C20H21N3O2S/c1-12-8-9-15(10-14(12)3)21-20-23-19(25)17(26-20)11-18(24)22-16-7-5-4-6-13(16)2/h4-10,17H,11H2,1-3H3,(H,22,24)(H,21,23,25)/t17-/m1/s1. The summed E-state index contributed by atoms with van der Waals surface area (Å²) in [4.78, 5) is 28.9. The largest absolute Gasteiger partial charge is 0.326 e. The van der Waals surface area contributed by atoms with Crippen molar-refractivity contribution in [1.82, 2.24) is 5.32 Å². The zero-order valence-corrected chi connectivity index (χ0v) is 15.8. The molecule has 2 aromatic rings. The number of carbonyl (C=O) groups excluding carboxylic acids is 2. The van der Waals surface area contributed by atoms with Crippen LogP contribution in [0.2, 0.25) is 0 Å². The molecule has 5 nitrogen and oxygen atoms in total. The summed E-state index contributed by atoms with van der Waals surface area (Å²) in [6.07, 6.45) is 0.108. The highest BCUT2D eigenvalue weighted by Gasteiger charge is 2.32. The number of carbonyl (C=O) groups is 2. The van der Waals surface area contributed by atoms with Gasteiger partial charge in [0.05, 0.1) is 5.69 Å². The molecule has 26 heavy (non-hydrogen) atoms. The average Bonchev–Trinajstić information content (AvgIpc) is 2.92. The first-order chi connectivity index (χ1) is 12.4. The summed E-state index contributed by atoms with van der Waals surface area (Å²) in [7, 11) is 0. The molecule has 0 aromatic heterocycles. The minimum absolute atomic E-state index is 0.108. The van der Waals surface area contributed by atoms with E-state index in [1.807, 2.05) is 63.2 Å². The van der Waals surface area contributed by atoms with Gasteiger partial charge in [-0.25, -0.2) is 4.99 Å². The third-order valence-electron chi connectivity index (χ3n) is 4.29. The zero-order valence-electron chi connectivity index (χ0n) is 15.0. The third-order valence-corrected chi connectivity index (χ3v) is 5.37. The fourth-order valence-electron chi connectivity index (χ4n) is 2.59. The summed E-state index contributed by atoms with van der Waals surface area (Å²) < 4.78 is 0. The van der Waals surface area contributed by atoms with Crippen molar-refractivity contribution in [1.29, 1.82) is 0 Å². The molecule has 3 rings (SSSR count). The lowest BCUT2D eigenvalue weighted by molar-refractivity contribution is -0.122. The van der Waals surface area contributed by atoms with Crippen molar-refractivity contribution in [2.75, 3.05) is 5.32 Å². The molecule has 0 spiro atoms. The van der Waals surface area contributed by atoms with E-state index in [9.17, 15) is 9.59 Å². The maximum atomic E-state index is 12.3. The van der Waals surface area contributed by atoms with Gasteiger partial charge in [-0.1, -0.05) is 36.0 Å². The monoisotopic (exact) mass is 367 g/mol. The Morgan fingerprint density at radius 3 is 2.62 bits per heavy atom. The Morgan fingerprint density at radius 2 is 1.88 bits per heavy atom. The molecule has 1 aliphatic rings. The lowest BCUT2D eigenvalue weighted by Gasteiger charge is -2.09. The lowest BCUT2D eigenvalue weighted by Crippen LogP contribution is -2.28. The fourth-order valence-corrected chi connectivity index (χ4v) is 3.58. The summed E-state index contributed by atoms with van der Waals surface area (Å²) in [6, 6.07) is 13.5. The predicted octanol–water partition coefficient (Wildman–Crippen LogP) is 3.86. The molecule has 2 amide bonds. The van der Waals surface area contributed by atoms with E-state index in [0.717, 1.165) is 22.5 Å². The number of nitrogens with one attached hydrogen (secondary N) is 2. The van der Waals surface area contributed by atoms with Gasteiger partial charge < -0.3 is 10.6 Å². The molecule has 2 N–H and O–H groups in total. The van der Waals surface area contributed by atoms with E-state index in [1.54, 1.807) is 0 Å². The Hall–Kier alpha value is -2.60. The minimum atomic E-state index is -0.468. The molecular formula is C20H21N3O2S. The number of amidine groups is 1. The number of benzene rings is 2. The molecule has 1 heterocycles. The quantitative estimate of drug-likeness (QED) is 0.862. The Labute approximate surface area is 157 Å². The maximum absolute atomic E-state index is 12.3. The number of para-hydroxylation sites is 1. The van der Waals surface area contributed by atoms with Gasteiger partial charge in [-0.05, 0) is 55.7 Å². The van der Waals surface area contributed by atoms with Gasteiger partial charge in [0, 0.05) is 12.1 Å². The van der Waals surface area contributed by atoms with E-state index in [2.05, 4.69) is 15.6 Å². The van der Waals surface area contributed by atoms with Crippen molar-refractivity contribution in [3.8, 4) is 0 Å². The van der Waals surface area contributed by atoms with Crippen LogP contribution in [-0.4, -0.2) is 22.2 Å². The van der Waals surface area contributed by atoms with Gasteiger partial charge in [-0.2, -0.15) is 0 Å². The van der Waals surface area contributed by atoms with Crippen molar-refractivity contribution >= 4 is 40.1 Å². The Kier molecular flexibility index (Phi) is 5.42. The van der Waals surface area contributed by atoms with E-state index >= 15 is 0 Å². The van der Waals surface area contributed by atoms with Crippen LogP contribution in [0.1, 0.15) is 23.1 Å². The second-order valence-corrected chi connectivity index (χ2v) is 7.54. The first-order valence-corrected chi connectivity index (χ1v) is 9.29. The van der Waals surface area contributed by atoms with Gasteiger partial charge in [-0.15, -0.1) is 0 Å². The summed E-state index contributed by atoms with van der Waals surface area (Å²) in [5.41, 5.74) is 4.89. The van der Waals surface area contributed by atoms with Crippen LogP contribution in [0, 0.1) is 20.8 Å². The summed E-state index contributed by atoms with van der Waals surface area (Å²) in [5, 5.41) is 5.69. The van der Waals surface area contributed by atoms with Crippen LogP contribution in [0.25, 0.3) is 0 Å². The summed E-state index contributed by atoms with van der Waals surface area (Å²) in [5.74, 6) is -0.364. The molecule has 134 valence electrons. The van der Waals surface area contributed by atoms with Crippen molar-refractivity contribution in [3.05, 3.63) is 59.2 Å². The van der Waals surface area contributed by atoms with Crippen LogP contribution in [0.3, 0.4) is 0 Å². The van der Waals surface area contributed by atoms with Crippen LogP contribution >= 0.6 is 11.8 Å². The molecular weight excluding hydrogens is 346 g/mol. The van der Waals surface area contributed by atoms with Crippen molar-refractivity contribution in [2.24, 2.45) is 4.99 Å². The van der Waals surface area contributed by atoms with Crippen LogP contribution in [-0.2, 0) is 9.59 Å². The summed E-state index contributed by atoms with van der Waals surface area (Å²) >= 11 is 1.30. The molecule has 1 fully saturated rings. The molecule has 0 bridgehead atoms. The Bertz CT molecular complexity index is 892. The SMILES string of the molecule is Cc1ccc(N=C2NC(=O)[C@@H](CC(=O)Nc3ccccc3C)S2)cc1C. The first-order valence-electron chi connectivity index (χ1n) is 8.41. The van der Waals surface area contributed by atoms with Gasteiger partial charge in [-0.3, -0.25) is 9.59 Å². The first kappa shape index (κ1) is 18.2. The number of rotatable bonds is 4. The third kappa shape index (κ3) is 4.32.